The Morgan fingerprint density at radius 3 is 2.50 bits per heavy atom. The Bertz CT molecular complexity index is 593. The van der Waals surface area contributed by atoms with Gasteiger partial charge >= 0.3 is 0 Å². The maximum Gasteiger partial charge on any atom is 0.233 e. The Hall–Kier alpha value is -2.24. The minimum Gasteiger partial charge on any atom is -0.356 e. The zero-order chi connectivity index (χ0) is 16.9. The molecule has 0 bridgehead atoms. The maximum absolute atomic E-state index is 12.3. The number of hydrogen-bond donors (Lipinski definition) is 1. The second kappa shape index (κ2) is 7.55. The summed E-state index contributed by atoms with van der Waals surface area (Å²) in [4.78, 5) is 42.1. The summed E-state index contributed by atoms with van der Waals surface area (Å²) in [6.45, 7) is 0.697. The van der Waals surface area contributed by atoms with Gasteiger partial charge in [-0.05, 0) is 25.0 Å². The molecule has 6 heteroatoms. The summed E-state index contributed by atoms with van der Waals surface area (Å²) in [5.41, 5.74) is 0.923. The summed E-state index contributed by atoms with van der Waals surface area (Å²) >= 11 is 0. The number of imide groups is 1. The van der Waals surface area contributed by atoms with E-state index in [0.717, 1.165) is 31.4 Å². The molecule has 2 heterocycles. The number of nitrogens with one attached hydrogen (secondary N) is 1. The summed E-state index contributed by atoms with van der Waals surface area (Å²) < 4.78 is 0. The minimum atomic E-state index is -0.140. The van der Waals surface area contributed by atoms with Gasteiger partial charge in [-0.3, -0.25) is 24.3 Å². The standard InChI is InChI=1S/C18H23N3O3/c22-16(20-11-8-13-5-3-4-10-19-13)9-12-21-17(23)14-6-1-2-7-15(14)18(21)24/h3-5,10,14-15H,1-2,6-9,11-12H2,(H,20,22)/t14-,15-/m1/s1. The molecule has 0 aromatic carbocycles. The first kappa shape index (κ1) is 16.6. The molecule has 6 nitrogen and oxygen atoms in total. The second-order valence-electron chi connectivity index (χ2n) is 6.50. The van der Waals surface area contributed by atoms with Crippen LogP contribution >= 0.6 is 0 Å². The fraction of sp³-hybridized carbons (Fsp3) is 0.556. The molecule has 1 aromatic rings. The zero-order valence-corrected chi connectivity index (χ0v) is 13.7. The monoisotopic (exact) mass is 329 g/mol. The number of fused-ring (bicyclic) bond motifs is 1. The van der Waals surface area contributed by atoms with Crippen molar-refractivity contribution in [3.8, 4) is 0 Å². The lowest BCUT2D eigenvalue weighted by Crippen LogP contribution is -2.36. The van der Waals surface area contributed by atoms with E-state index in [-0.39, 0.29) is 42.5 Å². The van der Waals surface area contributed by atoms with E-state index in [1.165, 1.54) is 4.90 Å². The van der Waals surface area contributed by atoms with Crippen LogP contribution in [0.1, 0.15) is 37.8 Å². The zero-order valence-electron chi connectivity index (χ0n) is 13.7. The van der Waals surface area contributed by atoms with E-state index in [0.29, 0.717) is 13.0 Å². The molecule has 0 radical (unpaired) electrons. The Morgan fingerprint density at radius 1 is 1.17 bits per heavy atom. The van der Waals surface area contributed by atoms with Gasteiger partial charge in [0.05, 0.1) is 11.8 Å². The van der Waals surface area contributed by atoms with Crippen molar-refractivity contribution < 1.29 is 14.4 Å². The lowest BCUT2D eigenvalue weighted by Gasteiger charge is -2.19. The van der Waals surface area contributed by atoms with E-state index < -0.39 is 0 Å². The van der Waals surface area contributed by atoms with Crippen molar-refractivity contribution in [3.63, 3.8) is 0 Å². The number of hydrogen-bond acceptors (Lipinski definition) is 4. The van der Waals surface area contributed by atoms with Gasteiger partial charge < -0.3 is 5.32 Å². The van der Waals surface area contributed by atoms with Gasteiger partial charge in [0, 0.05) is 37.8 Å². The topological polar surface area (TPSA) is 79.4 Å². The third kappa shape index (κ3) is 3.63. The van der Waals surface area contributed by atoms with Crippen LogP contribution in [0.25, 0.3) is 0 Å². The number of likely N-dealkylation sites (tertiary alicyclic amines) is 1. The predicted molar refractivity (Wildman–Crippen MR) is 87.7 cm³/mol. The molecule has 1 saturated heterocycles. The van der Waals surface area contributed by atoms with Crippen LogP contribution in [0, 0.1) is 11.8 Å². The van der Waals surface area contributed by atoms with E-state index in [1.54, 1.807) is 6.20 Å². The number of nitrogens with zero attached hydrogens (tertiary/aromatic N) is 2. The fourth-order valence-electron chi connectivity index (χ4n) is 3.63. The molecule has 0 spiro atoms. The molecule has 3 amide bonds. The van der Waals surface area contributed by atoms with E-state index in [1.807, 2.05) is 18.2 Å². The average molecular weight is 329 g/mol. The molecule has 24 heavy (non-hydrogen) atoms. The molecule has 1 N–H and O–H groups in total. The van der Waals surface area contributed by atoms with E-state index in [9.17, 15) is 14.4 Å². The molecule has 2 atom stereocenters. The van der Waals surface area contributed by atoms with E-state index in [4.69, 9.17) is 0 Å². The lowest BCUT2D eigenvalue weighted by atomic mass is 9.81. The number of pyridine rings is 1. The third-order valence-corrected chi connectivity index (χ3v) is 4.92. The number of amides is 3. The second-order valence-corrected chi connectivity index (χ2v) is 6.50. The van der Waals surface area contributed by atoms with Crippen LogP contribution in [0.4, 0.5) is 0 Å². The van der Waals surface area contributed by atoms with Crippen LogP contribution in [0.2, 0.25) is 0 Å². The summed E-state index contributed by atoms with van der Waals surface area (Å²) in [6.07, 6.45) is 6.20. The molecular formula is C18H23N3O3. The SMILES string of the molecule is O=C(CCN1C(=O)[C@@H]2CCCC[C@H]2C1=O)NCCc1ccccn1. The van der Waals surface area contributed by atoms with Crippen LogP contribution < -0.4 is 5.32 Å². The van der Waals surface area contributed by atoms with Crippen molar-refractivity contribution in [1.29, 1.82) is 0 Å². The molecule has 2 fully saturated rings. The minimum absolute atomic E-state index is 0.0778. The van der Waals surface area contributed by atoms with Gasteiger partial charge in [-0.1, -0.05) is 18.9 Å². The molecule has 128 valence electrons. The molecule has 1 aliphatic heterocycles. The highest BCUT2D eigenvalue weighted by atomic mass is 16.2. The third-order valence-electron chi connectivity index (χ3n) is 4.92. The normalized spacial score (nSPS) is 23.2. The molecule has 3 rings (SSSR count). The Kier molecular flexibility index (Phi) is 5.23. The van der Waals surface area contributed by atoms with Gasteiger partial charge in [-0.2, -0.15) is 0 Å². The molecule has 1 saturated carbocycles. The first-order chi connectivity index (χ1) is 11.7. The van der Waals surface area contributed by atoms with Gasteiger partial charge in [0.25, 0.3) is 0 Å². The summed E-state index contributed by atoms with van der Waals surface area (Å²) in [7, 11) is 0. The molecule has 0 unspecified atom stereocenters. The fourth-order valence-corrected chi connectivity index (χ4v) is 3.63. The van der Waals surface area contributed by atoms with Gasteiger partial charge in [0.2, 0.25) is 17.7 Å². The van der Waals surface area contributed by atoms with Gasteiger partial charge in [-0.25, -0.2) is 0 Å². The lowest BCUT2D eigenvalue weighted by molar-refractivity contribution is -0.140. The smallest absolute Gasteiger partial charge is 0.233 e. The summed E-state index contributed by atoms with van der Waals surface area (Å²) in [6, 6.07) is 5.67. The highest BCUT2D eigenvalue weighted by molar-refractivity contribution is 6.05. The van der Waals surface area contributed by atoms with E-state index in [2.05, 4.69) is 10.3 Å². The number of carbonyl (C=O) groups is 3. The molecule has 2 aliphatic rings. The van der Waals surface area contributed by atoms with Crippen LogP contribution in [-0.4, -0.2) is 40.7 Å². The van der Waals surface area contributed by atoms with Gasteiger partial charge in [0.15, 0.2) is 0 Å². The quantitative estimate of drug-likeness (QED) is 0.798. The Balaban J connectivity index is 1.42. The molecular weight excluding hydrogens is 306 g/mol. The largest absolute Gasteiger partial charge is 0.356 e. The summed E-state index contributed by atoms with van der Waals surface area (Å²) in [5.74, 6) is -0.574. The first-order valence-corrected chi connectivity index (χ1v) is 8.68. The highest BCUT2D eigenvalue weighted by Gasteiger charge is 2.47. The van der Waals surface area contributed by atoms with Crippen molar-refractivity contribution in [2.75, 3.05) is 13.1 Å². The van der Waals surface area contributed by atoms with E-state index >= 15 is 0 Å². The van der Waals surface area contributed by atoms with Crippen LogP contribution in [-0.2, 0) is 20.8 Å². The molecule has 1 aromatic heterocycles. The highest BCUT2D eigenvalue weighted by Crippen LogP contribution is 2.37. The Morgan fingerprint density at radius 2 is 1.88 bits per heavy atom. The average Bonchev–Trinajstić information content (AvgIpc) is 2.85. The van der Waals surface area contributed by atoms with Crippen molar-refractivity contribution >= 4 is 17.7 Å². The van der Waals surface area contributed by atoms with Crippen molar-refractivity contribution in [3.05, 3.63) is 30.1 Å². The predicted octanol–water partition coefficient (Wildman–Crippen LogP) is 1.31. The van der Waals surface area contributed by atoms with Crippen LogP contribution in [0.15, 0.2) is 24.4 Å². The van der Waals surface area contributed by atoms with Crippen LogP contribution in [0.3, 0.4) is 0 Å². The first-order valence-electron chi connectivity index (χ1n) is 8.68. The van der Waals surface area contributed by atoms with Crippen molar-refractivity contribution in [2.24, 2.45) is 11.8 Å². The number of carbonyl (C=O) groups excluding carboxylic acids is 3. The number of aromatic nitrogens is 1. The molecule has 1 aliphatic carbocycles. The van der Waals surface area contributed by atoms with Gasteiger partial charge in [-0.15, -0.1) is 0 Å². The number of rotatable bonds is 6. The van der Waals surface area contributed by atoms with Crippen molar-refractivity contribution in [1.82, 2.24) is 15.2 Å². The van der Waals surface area contributed by atoms with Crippen molar-refractivity contribution in [2.45, 2.75) is 38.5 Å². The maximum atomic E-state index is 12.3. The van der Waals surface area contributed by atoms with Crippen LogP contribution in [0.5, 0.6) is 0 Å². The summed E-state index contributed by atoms with van der Waals surface area (Å²) in [5, 5.41) is 2.82. The van der Waals surface area contributed by atoms with Gasteiger partial charge in [0.1, 0.15) is 0 Å². The Labute approximate surface area is 141 Å².